The van der Waals surface area contributed by atoms with E-state index >= 15 is 0 Å². The Kier molecular flexibility index (Phi) is 3.82. The predicted molar refractivity (Wildman–Crippen MR) is 75.7 cm³/mol. The molecule has 1 atom stereocenters. The van der Waals surface area contributed by atoms with Gasteiger partial charge >= 0.3 is 0 Å². The van der Waals surface area contributed by atoms with Crippen molar-refractivity contribution in [2.75, 3.05) is 26.2 Å². The molecule has 0 amide bonds. The Morgan fingerprint density at radius 3 is 2.58 bits per heavy atom. The van der Waals surface area contributed by atoms with Gasteiger partial charge in [0, 0.05) is 32.2 Å². The Hall–Kier alpha value is -1.37. The van der Waals surface area contributed by atoms with Gasteiger partial charge in [-0.05, 0) is 30.4 Å². The van der Waals surface area contributed by atoms with Crippen LogP contribution in [0, 0.1) is 17.2 Å². The minimum Gasteiger partial charge on any atom is -0.314 e. The SMILES string of the molecule is N#Cc1ccccc1[C@H](C1CCC1)N1CCNCC1. The fourth-order valence-electron chi connectivity index (χ4n) is 3.32. The second-order valence-corrected chi connectivity index (χ2v) is 5.62. The molecule has 3 heteroatoms. The zero-order valence-electron chi connectivity index (χ0n) is 11.3. The third-order valence-electron chi connectivity index (χ3n) is 4.54. The molecule has 1 aliphatic heterocycles. The maximum absolute atomic E-state index is 9.36. The second kappa shape index (κ2) is 5.73. The average Bonchev–Trinajstić information content (AvgIpc) is 2.43. The quantitative estimate of drug-likeness (QED) is 0.901. The number of rotatable bonds is 3. The van der Waals surface area contributed by atoms with E-state index in [9.17, 15) is 5.26 Å². The number of benzene rings is 1. The first-order valence-electron chi connectivity index (χ1n) is 7.34. The molecular weight excluding hydrogens is 234 g/mol. The summed E-state index contributed by atoms with van der Waals surface area (Å²) in [7, 11) is 0. The van der Waals surface area contributed by atoms with Gasteiger partial charge in [-0.25, -0.2) is 0 Å². The maximum Gasteiger partial charge on any atom is 0.0995 e. The van der Waals surface area contributed by atoms with Gasteiger partial charge in [0.1, 0.15) is 0 Å². The molecule has 1 saturated heterocycles. The fraction of sp³-hybridized carbons (Fsp3) is 0.562. The van der Waals surface area contributed by atoms with Crippen LogP contribution in [0.3, 0.4) is 0 Å². The standard InChI is InChI=1S/C16H21N3/c17-12-14-4-1-2-7-15(14)16(13-5-3-6-13)19-10-8-18-9-11-19/h1-2,4,7,13,16,18H,3,5-6,8-11H2/t16-/m0/s1. The molecular formula is C16H21N3. The van der Waals surface area contributed by atoms with Crippen molar-refractivity contribution < 1.29 is 0 Å². The van der Waals surface area contributed by atoms with E-state index in [1.165, 1.54) is 24.8 Å². The molecule has 0 spiro atoms. The number of hydrogen-bond donors (Lipinski definition) is 1. The van der Waals surface area contributed by atoms with Crippen LogP contribution in [0.5, 0.6) is 0 Å². The Morgan fingerprint density at radius 1 is 1.21 bits per heavy atom. The summed E-state index contributed by atoms with van der Waals surface area (Å²) in [5.41, 5.74) is 2.11. The molecule has 1 aromatic rings. The van der Waals surface area contributed by atoms with Crippen LogP contribution in [0.25, 0.3) is 0 Å². The lowest BCUT2D eigenvalue weighted by Gasteiger charge is -2.43. The first-order chi connectivity index (χ1) is 9.40. The molecule has 1 aliphatic carbocycles. The number of piperazine rings is 1. The van der Waals surface area contributed by atoms with Crippen molar-refractivity contribution in [3.05, 3.63) is 35.4 Å². The molecule has 0 radical (unpaired) electrons. The Labute approximate surface area is 115 Å². The van der Waals surface area contributed by atoms with Gasteiger partial charge in [-0.3, -0.25) is 4.90 Å². The zero-order chi connectivity index (χ0) is 13.1. The van der Waals surface area contributed by atoms with Crippen molar-refractivity contribution in [3.8, 4) is 6.07 Å². The number of hydrogen-bond acceptors (Lipinski definition) is 3. The van der Waals surface area contributed by atoms with Crippen LogP contribution in [0.2, 0.25) is 0 Å². The van der Waals surface area contributed by atoms with Crippen molar-refractivity contribution in [3.63, 3.8) is 0 Å². The van der Waals surface area contributed by atoms with Gasteiger partial charge in [0.05, 0.1) is 11.6 Å². The van der Waals surface area contributed by atoms with Gasteiger partial charge in [-0.15, -0.1) is 0 Å². The molecule has 1 N–H and O–H groups in total. The second-order valence-electron chi connectivity index (χ2n) is 5.62. The van der Waals surface area contributed by atoms with Crippen LogP contribution in [0.4, 0.5) is 0 Å². The number of nitrogens with zero attached hydrogens (tertiary/aromatic N) is 2. The van der Waals surface area contributed by atoms with E-state index < -0.39 is 0 Å². The molecule has 0 aromatic heterocycles. The first kappa shape index (κ1) is 12.7. The fourth-order valence-corrected chi connectivity index (χ4v) is 3.32. The van der Waals surface area contributed by atoms with Gasteiger partial charge in [0.25, 0.3) is 0 Å². The minimum absolute atomic E-state index is 0.451. The van der Waals surface area contributed by atoms with E-state index in [0.717, 1.165) is 37.7 Å². The number of nitriles is 1. The van der Waals surface area contributed by atoms with Gasteiger partial charge in [-0.1, -0.05) is 24.6 Å². The van der Waals surface area contributed by atoms with E-state index in [0.29, 0.717) is 6.04 Å². The predicted octanol–water partition coefficient (Wildman–Crippen LogP) is 2.30. The lowest BCUT2D eigenvalue weighted by Crippen LogP contribution is -2.48. The monoisotopic (exact) mass is 255 g/mol. The molecule has 2 fully saturated rings. The molecule has 1 heterocycles. The molecule has 100 valence electrons. The highest BCUT2D eigenvalue weighted by Crippen LogP contribution is 2.42. The molecule has 19 heavy (non-hydrogen) atoms. The highest BCUT2D eigenvalue weighted by atomic mass is 15.2. The van der Waals surface area contributed by atoms with Crippen molar-refractivity contribution in [2.45, 2.75) is 25.3 Å². The Bertz CT molecular complexity index is 467. The first-order valence-corrected chi connectivity index (χ1v) is 7.34. The van der Waals surface area contributed by atoms with Crippen LogP contribution < -0.4 is 5.32 Å². The molecule has 0 bridgehead atoms. The summed E-state index contributed by atoms with van der Waals surface area (Å²) in [4.78, 5) is 2.58. The van der Waals surface area contributed by atoms with Crippen molar-refractivity contribution >= 4 is 0 Å². The summed E-state index contributed by atoms with van der Waals surface area (Å²) in [5, 5.41) is 12.8. The third kappa shape index (κ3) is 2.51. The summed E-state index contributed by atoms with van der Waals surface area (Å²) < 4.78 is 0. The van der Waals surface area contributed by atoms with E-state index in [1.54, 1.807) is 0 Å². The topological polar surface area (TPSA) is 39.1 Å². The molecule has 0 unspecified atom stereocenters. The normalized spacial score (nSPS) is 22.5. The minimum atomic E-state index is 0.451. The summed E-state index contributed by atoms with van der Waals surface area (Å²) in [6, 6.07) is 11.0. The highest BCUT2D eigenvalue weighted by molar-refractivity contribution is 5.40. The van der Waals surface area contributed by atoms with E-state index in [1.807, 2.05) is 12.1 Å². The highest BCUT2D eigenvalue weighted by Gasteiger charge is 2.34. The molecule has 1 saturated carbocycles. The smallest absolute Gasteiger partial charge is 0.0995 e. The van der Waals surface area contributed by atoms with E-state index in [2.05, 4.69) is 28.4 Å². The lowest BCUT2D eigenvalue weighted by molar-refractivity contribution is 0.0835. The maximum atomic E-state index is 9.36. The van der Waals surface area contributed by atoms with Crippen LogP contribution >= 0.6 is 0 Å². The molecule has 1 aromatic carbocycles. The van der Waals surface area contributed by atoms with Crippen LogP contribution in [0.15, 0.2) is 24.3 Å². The van der Waals surface area contributed by atoms with Crippen LogP contribution in [-0.2, 0) is 0 Å². The summed E-state index contributed by atoms with van der Waals surface area (Å²) >= 11 is 0. The van der Waals surface area contributed by atoms with Crippen molar-refractivity contribution in [1.82, 2.24) is 10.2 Å². The summed E-state index contributed by atoms with van der Waals surface area (Å²) in [6.45, 7) is 4.33. The van der Waals surface area contributed by atoms with Gasteiger partial charge in [0.2, 0.25) is 0 Å². The Balaban J connectivity index is 1.91. The Morgan fingerprint density at radius 2 is 1.95 bits per heavy atom. The van der Waals surface area contributed by atoms with Gasteiger partial charge < -0.3 is 5.32 Å². The van der Waals surface area contributed by atoms with Gasteiger partial charge in [-0.2, -0.15) is 5.26 Å². The molecule has 2 aliphatic rings. The largest absolute Gasteiger partial charge is 0.314 e. The zero-order valence-corrected chi connectivity index (χ0v) is 11.3. The third-order valence-corrected chi connectivity index (χ3v) is 4.54. The van der Waals surface area contributed by atoms with Crippen molar-refractivity contribution in [2.24, 2.45) is 5.92 Å². The molecule has 3 nitrogen and oxygen atoms in total. The van der Waals surface area contributed by atoms with E-state index in [-0.39, 0.29) is 0 Å². The van der Waals surface area contributed by atoms with Crippen LogP contribution in [-0.4, -0.2) is 31.1 Å². The summed E-state index contributed by atoms with van der Waals surface area (Å²) in [5.74, 6) is 0.743. The summed E-state index contributed by atoms with van der Waals surface area (Å²) in [6.07, 6.45) is 3.98. The van der Waals surface area contributed by atoms with Crippen molar-refractivity contribution in [1.29, 1.82) is 5.26 Å². The molecule has 3 rings (SSSR count). The van der Waals surface area contributed by atoms with Gasteiger partial charge in [0.15, 0.2) is 0 Å². The lowest BCUT2D eigenvalue weighted by atomic mass is 9.75. The van der Waals surface area contributed by atoms with Crippen LogP contribution in [0.1, 0.15) is 36.4 Å². The number of nitrogens with one attached hydrogen (secondary N) is 1. The van der Waals surface area contributed by atoms with E-state index in [4.69, 9.17) is 0 Å². The average molecular weight is 255 g/mol.